The minimum Gasteiger partial charge on any atom is -0.399 e. The van der Waals surface area contributed by atoms with Crippen LogP contribution in [0.3, 0.4) is 0 Å². The van der Waals surface area contributed by atoms with Gasteiger partial charge in [-0.2, -0.15) is 0 Å². The molecule has 0 saturated carbocycles. The lowest BCUT2D eigenvalue weighted by atomic mass is 10.1. The number of aromatic nitrogens is 2. The van der Waals surface area contributed by atoms with Gasteiger partial charge in [0.05, 0.1) is 12.2 Å². The molecule has 1 saturated heterocycles. The smallest absolute Gasteiger partial charge is 0.357 e. The summed E-state index contributed by atoms with van der Waals surface area (Å²) in [7, 11) is 0. The molecule has 138 valence electrons. The summed E-state index contributed by atoms with van der Waals surface area (Å²) in [5.74, 6) is -2.44. The third-order valence-electron chi connectivity index (χ3n) is 4.37. The lowest BCUT2D eigenvalue weighted by molar-refractivity contribution is -0.217. The molecule has 0 radical (unpaired) electrons. The Kier molecular flexibility index (Phi) is 4.55. The van der Waals surface area contributed by atoms with Crippen LogP contribution in [-0.4, -0.2) is 47.7 Å². The molecule has 1 fully saturated rings. The molecule has 8 nitrogen and oxygen atoms in total. The number of carbonyl (C=O) groups excluding carboxylic acids is 2. The largest absolute Gasteiger partial charge is 0.399 e. The molecule has 0 aliphatic carbocycles. The molecule has 27 heavy (non-hydrogen) atoms. The van der Waals surface area contributed by atoms with Gasteiger partial charge < -0.3 is 14.8 Å². The average molecular weight is 366 g/mol. The minimum absolute atomic E-state index is 0.133. The summed E-state index contributed by atoms with van der Waals surface area (Å²) < 4.78 is 11.0. The zero-order valence-corrected chi connectivity index (χ0v) is 14.5. The van der Waals surface area contributed by atoms with Crippen LogP contribution in [0.4, 0.5) is 5.82 Å². The molecular weight excluding hydrogens is 348 g/mol. The van der Waals surface area contributed by atoms with Gasteiger partial charge >= 0.3 is 17.8 Å². The van der Waals surface area contributed by atoms with Crippen LogP contribution in [0.1, 0.15) is 6.42 Å². The molecule has 4 rings (SSSR count). The maximum Gasteiger partial charge on any atom is 0.357 e. The van der Waals surface area contributed by atoms with E-state index in [0.29, 0.717) is 18.9 Å². The van der Waals surface area contributed by atoms with Crippen molar-refractivity contribution in [3.05, 3.63) is 54.6 Å². The Morgan fingerprint density at radius 2 is 1.70 bits per heavy atom. The first-order valence-corrected chi connectivity index (χ1v) is 8.68. The summed E-state index contributed by atoms with van der Waals surface area (Å²) >= 11 is 0. The lowest BCUT2D eigenvalue weighted by Gasteiger charge is -2.39. The van der Waals surface area contributed by atoms with Crippen LogP contribution in [0.2, 0.25) is 0 Å². The number of ether oxygens (including phenoxy) is 2. The second-order valence-corrected chi connectivity index (χ2v) is 6.21. The maximum absolute atomic E-state index is 12.0. The highest BCUT2D eigenvalue weighted by Crippen LogP contribution is 2.29. The van der Waals surface area contributed by atoms with Crippen molar-refractivity contribution in [1.82, 2.24) is 15.5 Å². The van der Waals surface area contributed by atoms with Crippen molar-refractivity contribution in [1.29, 1.82) is 0 Å². The quantitative estimate of drug-likeness (QED) is 0.794. The maximum atomic E-state index is 12.0. The van der Waals surface area contributed by atoms with E-state index in [2.05, 4.69) is 15.5 Å². The van der Waals surface area contributed by atoms with Crippen molar-refractivity contribution in [3.8, 4) is 11.3 Å². The SMILES string of the molecule is O=C1C=CC(=O)OC2(CNCCCN2c2ccc(-c3ccccc3)nn2)O1. The van der Waals surface area contributed by atoms with Crippen molar-refractivity contribution < 1.29 is 19.1 Å². The highest BCUT2D eigenvalue weighted by atomic mass is 16.8. The molecule has 0 amide bonds. The van der Waals surface area contributed by atoms with Gasteiger partial charge in [0.2, 0.25) is 0 Å². The zero-order valence-electron chi connectivity index (χ0n) is 14.5. The van der Waals surface area contributed by atoms with Gasteiger partial charge in [0.15, 0.2) is 5.82 Å². The van der Waals surface area contributed by atoms with Crippen LogP contribution >= 0.6 is 0 Å². The van der Waals surface area contributed by atoms with Gasteiger partial charge in [-0.05, 0) is 25.1 Å². The standard InChI is InChI=1S/C19H18N4O4/c24-17-9-10-18(25)27-19(26-17)13-20-11-4-12-23(19)16-8-7-15(21-22-16)14-5-2-1-3-6-14/h1-3,5-10,20H,4,11-13H2. The van der Waals surface area contributed by atoms with Gasteiger partial charge in [0.1, 0.15) is 0 Å². The van der Waals surface area contributed by atoms with E-state index < -0.39 is 17.8 Å². The molecule has 3 heterocycles. The second kappa shape index (κ2) is 7.16. The number of carbonyl (C=O) groups is 2. The molecule has 2 aliphatic heterocycles. The van der Waals surface area contributed by atoms with Crippen molar-refractivity contribution in [2.45, 2.75) is 12.3 Å². The fourth-order valence-electron chi connectivity index (χ4n) is 3.12. The van der Waals surface area contributed by atoms with Crippen LogP contribution in [-0.2, 0) is 19.1 Å². The number of hydrogen-bond donors (Lipinski definition) is 1. The van der Waals surface area contributed by atoms with Crippen molar-refractivity contribution >= 4 is 17.8 Å². The van der Waals surface area contributed by atoms with Crippen LogP contribution < -0.4 is 10.2 Å². The summed E-state index contributed by atoms with van der Waals surface area (Å²) in [5, 5.41) is 11.7. The normalized spacial score (nSPS) is 19.2. The van der Waals surface area contributed by atoms with Crippen molar-refractivity contribution in [2.75, 3.05) is 24.5 Å². The van der Waals surface area contributed by atoms with Crippen LogP contribution in [0.25, 0.3) is 11.3 Å². The fourth-order valence-corrected chi connectivity index (χ4v) is 3.12. The van der Waals surface area contributed by atoms with Crippen molar-refractivity contribution in [2.24, 2.45) is 0 Å². The zero-order chi connectivity index (χ0) is 18.7. The van der Waals surface area contributed by atoms with Gasteiger partial charge in [-0.25, -0.2) is 9.59 Å². The fraction of sp³-hybridized carbons (Fsp3) is 0.263. The Morgan fingerprint density at radius 1 is 0.963 bits per heavy atom. The molecule has 0 unspecified atom stereocenters. The Balaban J connectivity index is 1.69. The van der Waals surface area contributed by atoms with E-state index in [9.17, 15) is 9.59 Å². The Hall–Kier alpha value is -3.26. The van der Waals surface area contributed by atoms with Gasteiger partial charge in [-0.15, -0.1) is 10.2 Å². The monoisotopic (exact) mass is 366 g/mol. The number of benzene rings is 1. The number of anilines is 1. The van der Waals surface area contributed by atoms with Gasteiger partial charge in [-0.1, -0.05) is 30.3 Å². The first-order chi connectivity index (χ1) is 13.2. The van der Waals surface area contributed by atoms with Crippen molar-refractivity contribution in [3.63, 3.8) is 0 Å². The molecule has 1 N–H and O–H groups in total. The van der Waals surface area contributed by atoms with Crippen LogP contribution in [0.5, 0.6) is 0 Å². The van der Waals surface area contributed by atoms with Gasteiger partial charge in [0.25, 0.3) is 0 Å². The highest BCUT2D eigenvalue weighted by molar-refractivity contribution is 5.93. The molecule has 2 aromatic rings. The van der Waals surface area contributed by atoms with E-state index in [4.69, 9.17) is 9.47 Å². The summed E-state index contributed by atoms with van der Waals surface area (Å²) in [6, 6.07) is 13.3. The number of esters is 2. The molecule has 2 aliphatic rings. The number of nitrogens with zero attached hydrogens (tertiary/aromatic N) is 3. The Labute approximate surface area is 155 Å². The van der Waals surface area contributed by atoms with E-state index in [1.807, 2.05) is 36.4 Å². The summed E-state index contributed by atoms with van der Waals surface area (Å²) in [6.45, 7) is 1.30. The topological polar surface area (TPSA) is 93.7 Å². The van der Waals surface area contributed by atoms with Crippen LogP contribution in [0.15, 0.2) is 54.6 Å². The predicted octanol–water partition coefficient (Wildman–Crippen LogP) is 1.25. The number of hydrogen-bond acceptors (Lipinski definition) is 8. The Morgan fingerprint density at radius 3 is 2.37 bits per heavy atom. The number of nitrogens with one attached hydrogen (secondary N) is 1. The molecule has 1 spiro atoms. The van der Waals surface area contributed by atoms with Gasteiger partial charge in [0, 0.05) is 24.3 Å². The first kappa shape index (κ1) is 17.2. The summed E-state index contributed by atoms with van der Waals surface area (Å²) in [6.07, 6.45) is 2.88. The molecule has 0 atom stereocenters. The average Bonchev–Trinajstić information content (AvgIpc) is 2.98. The summed E-state index contributed by atoms with van der Waals surface area (Å²) in [4.78, 5) is 25.7. The highest BCUT2D eigenvalue weighted by Gasteiger charge is 2.47. The molecule has 0 bridgehead atoms. The minimum atomic E-state index is -1.60. The third-order valence-corrected chi connectivity index (χ3v) is 4.37. The van der Waals surface area contributed by atoms with E-state index in [0.717, 1.165) is 29.8 Å². The second-order valence-electron chi connectivity index (χ2n) is 6.21. The molecular formula is C19H18N4O4. The Bertz CT molecular complexity index is 847. The van der Waals surface area contributed by atoms with E-state index in [-0.39, 0.29) is 6.54 Å². The van der Waals surface area contributed by atoms with Crippen LogP contribution in [0, 0.1) is 0 Å². The molecule has 8 heteroatoms. The summed E-state index contributed by atoms with van der Waals surface area (Å²) in [5.41, 5.74) is 1.66. The molecule has 1 aromatic heterocycles. The van der Waals surface area contributed by atoms with E-state index in [1.54, 1.807) is 11.0 Å². The lowest BCUT2D eigenvalue weighted by Crippen LogP contribution is -2.59. The first-order valence-electron chi connectivity index (χ1n) is 8.68. The predicted molar refractivity (Wildman–Crippen MR) is 96.4 cm³/mol. The number of rotatable bonds is 2. The third kappa shape index (κ3) is 3.52. The van der Waals surface area contributed by atoms with E-state index >= 15 is 0 Å². The van der Waals surface area contributed by atoms with Gasteiger partial charge in [-0.3, -0.25) is 4.90 Å². The molecule has 1 aromatic carbocycles. The van der Waals surface area contributed by atoms with E-state index in [1.165, 1.54) is 0 Å².